The number of pyridine rings is 1. The lowest BCUT2D eigenvalue weighted by Gasteiger charge is -2.03. The molecule has 1 amide bonds. The summed E-state index contributed by atoms with van der Waals surface area (Å²) in [7, 11) is 0. The van der Waals surface area contributed by atoms with E-state index in [2.05, 4.69) is 21.5 Å². The van der Waals surface area contributed by atoms with Crippen molar-refractivity contribution in [3.8, 4) is 0 Å². The molecule has 0 aliphatic heterocycles. The molecule has 0 aliphatic carbocycles. The molecular formula is C14H17N3OS2. The number of aromatic nitrogens is 2. The summed E-state index contributed by atoms with van der Waals surface area (Å²) in [5.74, 6) is 0.988. The third-order valence-electron chi connectivity index (χ3n) is 2.72. The van der Waals surface area contributed by atoms with Crippen LogP contribution in [0.5, 0.6) is 0 Å². The van der Waals surface area contributed by atoms with Gasteiger partial charge < -0.3 is 5.32 Å². The lowest BCUT2D eigenvalue weighted by Crippen LogP contribution is -2.23. The van der Waals surface area contributed by atoms with Crippen LogP contribution < -0.4 is 5.32 Å². The van der Waals surface area contributed by atoms with Crippen molar-refractivity contribution in [1.29, 1.82) is 0 Å². The molecule has 0 radical (unpaired) electrons. The number of hydrogen-bond donors (Lipinski definition) is 1. The monoisotopic (exact) mass is 307 g/mol. The van der Waals surface area contributed by atoms with E-state index in [0.29, 0.717) is 13.0 Å². The van der Waals surface area contributed by atoms with E-state index in [-0.39, 0.29) is 5.91 Å². The van der Waals surface area contributed by atoms with Crippen molar-refractivity contribution < 1.29 is 4.79 Å². The first-order chi connectivity index (χ1) is 9.78. The molecule has 106 valence electrons. The van der Waals surface area contributed by atoms with Gasteiger partial charge >= 0.3 is 0 Å². The molecule has 20 heavy (non-hydrogen) atoms. The molecule has 0 fully saturated rings. The molecule has 6 heteroatoms. The van der Waals surface area contributed by atoms with Gasteiger partial charge in [0.15, 0.2) is 0 Å². The molecule has 2 aromatic heterocycles. The fourth-order valence-electron chi connectivity index (χ4n) is 1.70. The van der Waals surface area contributed by atoms with Gasteiger partial charge in [0.25, 0.3) is 0 Å². The molecule has 0 aromatic carbocycles. The van der Waals surface area contributed by atoms with Crippen LogP contribution in [0.3, 0.4) is 0 Å². The first-order valence-electron chi connectivity index (χ1n) is 6.35. The molecule has 0 atom stereocenters. The first-order valence-corrected chi connectivity index (χ1v) is 8.63. The van der Waals surface area contributed by atoms with E-state index in [1.165, 1.54) is 0 Å². The van der Waals surface area contributed by atoms with Crippen LogP contribution in [-0.4, -0.2) is 22.1 Å². The van der Waals surface area contributed by atoms with Crippen molar-refractivity contribution in [2.75, 3.05) is 6.26 Å². The van der Waals surface area contributed by atoms with Crippen molar-refractivity contribution >= 4 is 29.0 Å². The Morgan fingerprint density at radius 3 is 2.95 bits per heavy atom. The number of amides is 1. The maximum atomic E-state index is 11.8. The van der Waals surface area contributed by atoms with Gasteiger partial charge in [0.1, 0.15) is 5.01 Å². The number of carbonyl (C=O) groups excluding carboxylic acids is 1. The zero-order chi connectivity index (χ0) is 14.2. The third-order valence-corrected chi connectivity index (χ3v) is 4.37. The molecule has 0 spiro atoms. The molecule has 2 heterocycles. The summed E-state index contributed by atoms with van der Waals surface area (Å²) in [6.07, 6.45) is 6.78. The molecule has 0 bridgehead atoms. The largest absolute Gasteiger partial charge is 0.350 e. The van der Waals surface area contributed by atoms with Gasteiger partial charge in [-0.05, 0) is 30.4 Å². The maximum absolute atomic E-state index is 11.8. The highest BCUT2D eigenvalue weighted by atomic mass is 32.2. The number of thioether (sulfide) groups is 1. The number of aryl methyl sites for hydroxylation is 1. The topological polar surface area (TPSA) is 54.9 Å². The Balaban J connectivity index is 1.71. The number of hydrogen-bond acceptors (Lipinski definition) is 5. The van der Waals surface area contributed by atoms with Gasteiger partial charge in [-0.2, -0.15) is 11.8 Å². The Hall–Kier alpha value is -1.40. The number of rotatable bonds is 7. The van der Waals surface area contributed by atoms with Gasteiger partial charge in [-0.1, -0.05) is 0 Å². The number of carbonyl (C=O) groups is 1. The molecule has 0 saturated carbocycles. The fourth-order valence-corrected chi connectivity index (χ4v) is 3.22. The second-order valence-electron chi connectivity index (χ2n) is 4.30. The zero-order valence-corrected chi connectivity index (χ0v) is 13.0. The van der Waals surface area contributed by atoms with Crippen LogP contribution in [0.4, 0.5) is 0 Å². The highest BCUT2D eigenvalue weighted by Crippen LogP contribution is 2.14. The van der Waals surface area contributed by atoms with E-state index in [4.69, 9.17) is 0 Å². The Labute approximate surface area is 127 Å². The summed E-state index contributed by atoms with van der Waals surface area (Å²) in [6.45, 7) is 0.514. The van der Waals surface area contributed by atoms with Crippen molar-refractivity contribution in [3.63, 3.8) is 0 Å². The zero-order valence-electron chi connectivity index (χ0n) is 11.3. The molecule has 2 rings (SSSR count). The number of thiazole rings is 1. The van der Waals surface area contributed by atoms with E-state index in [0.717, 1.165) is 28.4 Å². The second kappa shape index (κ2) is 8.01. The second-order valence-corrected chi connectivity index (χ2v) is 6.11. The van der Waals surface area contributed by atoms with Crippen molar-refractivity contribution in [3.05, 3.63) is 46.2 Å². The predicted molar refractivity (Wildman–Crippen MR) is 83.7 cm³/mol. The van der Waals surface area contributed by atoms with Crippen LogP contribution in [0.1, 0.15) is 22.7 Å². The Morgan fingerprint density at radius 2 is 2.20 bits per heavy atom. The predicted octanol–water partition coefficient (Wildman–Crippen LogP) is 2.65. The third kappa shape index (κ3) is 4.94. The SMILES string of the molecule is CSCc1nc(CNC(=O)CCc2ccncc2)cs1. The van der Waals surface area contributed by atoms with Gasteiger partial charge in [-0.25, -0.2) is 4.98 Å². The average molecular weight is 307 g/mol. The van der Waals surface area contributed by atoms with E-state index < -0.39 is 0 Å². The highest BCUT2D eigenvalue weighted by Gasteiger charge is 2.05. The number of nitrogens with one attached hydrogen (secondary N) is 1. The molecule has 0 saturated heterocycles. The minimum Gasteiger partial charge on any atom is -0.350 e. The highest BCUT2D eigenvalue weighted by molar-refractivity contribution is 7.97. The summed E-state index contributed by atoms with van der Waals surface area (Å²) in [6, 6.07) is 3.87. The van der Waals surface area contributed by atoms with Crippen LogP contribution in [0.25, 0.3) is 0 Å². The summed E-state index contributed by atoms with van der Waals surface area (Å²) in [5, 5.41) is 6.03. The normalized spacial score (nSPS) is 10.4. The standard InChI is InChI=1S/C14H17N3OS2/c1-19-10-14-17-12(9-20-14)8-16-13(18)3-2-11-4-6-15-7-5-11/h4-7,9H,2-3,8,10H2,1H3,(H,16,18). The summed E-state index contributed by atoms with van der Waals surface area (Å²) in [5.41, 5.74) is 2.07. The molecule has 2 aromatic rings. The van der Waals surface area contributed by atoms with Crippen LogP contribution in [0, 0.1) is 0 Å². The fraction of sp³-hybridized carbons (Fsp3) is 0.357. The smallest absolute Gasteiger partial charge is 0.220 e. The van der Waals surface area contributed by atoms with Gasteiger partial charge in [-0.3, -0.25) is 9.78 Å². The van der Waals surface area contributed by atoms with Crippen LogP contribution in [0.2, 0.25) is 0 Å². The van der Waals surface area contributed by atoms with E-state index in [9.17, 15) is 4.79 Å². The molecule has 4 nitrogen and oxygen atoms in total. The van der Waals surface area contributed by atoms with Gasteiger partial charge in [0, 0.05) is 29.9 Å². The van der Waals surface area contributed by atoms with Crippen LogP contribution in [-0.2, 0) is 23.5 Å². The Kier molecular flexibility index (Phi) is 6.01. The Bertz CT molecular complexity index is 542. The van der Waals surface area contributed by atoms with E-state index >= 15 is 0 Å². The van der Waals surface area contributed by atoms with Gasteiger partial charge in [0.2, 0.25) is 5.91 Å². The van der Waals surface area contributed by atoms with E-state index in [1.807, 2.05) is 17.5 Å². The van der Waals surface area contributed by atoms with Crippen LogP contribution in [0.15, 0.2) is 29.9 Å². The minimum atomic E-state index is 0.0567. The van der Waals surface area contributed by atoms with Crippen LogP contribution >= 0.6 is 23.1 Å². The lowest BCUT2D eigenvalue weighted by molar-refractivity contribution is -0.121. The van der Waals surface area contributed by atoms with E-state index in [1.54, 1.807) is 35.5 Å². The number of nitrogens with zero attached hydrogens (tertiary/aromatic N) is 2. The van der Waals surface area contributed by atoms with Crippen molar-refractivity contribution in [1.82, 2.24) is 15.3 Å². The molecular weight excluding hydrogens is 290 g/mol. The van der Waals surface area contributed by atoms with Crippen molar-refractivity contribution in [2.24, 2.45) is 0 Å². The van der Waals surface area contributed by atoms with Crippen molar-refractivity contribution in [2.45, 2.75) is 25.1 Å². The summed E-state index contributed by atoms with van der Waals surface area (Å²) in [4.78, 5) is 20.2. The average Bonchev–Trinajstić information content (AvgIpc) is 2.92. The summed E-state index contributed by atoms with van der Waals surface area (Å²) >= 11 is 3.40. The summed E-state index contributed by atoms with van der Waals surface area (Å²) < 4.78 is 0. The van der Waals surface area contributed by atoms with Gasteiger partial charge in [-0.15, -0.1) is 11.3 Å². The first kappa shape index (κ1) is 15.0. The Morgan fingerprint density at radius 1 is 1.40 bits per heavy atom. The molecule has 0 unspecified atom stereocenters. The molecule has 1 N–H and O–H groups in total. The van der Waals surface area contributed by atoms with Gasteiger partial charge in [0.05, 0.1) is 12.2 Å². The lowest BCUT2D eigenvalue weighted by atomic mass is 10.1. The molecule has 0 aliphatic rings. The minimum absolute atomic E-state index is 0.0567. The maximum Gasteiger partial charge on any atom is 0.220 e. The quantitative estimate of drug-likeness (QED) is 0.854.